The maximum absolute atomic E-state index is 3.68. The minimum atomic E-state index is 0.919. The van der Waals surface area contributed by atoms with Crippen molar-refractivity contribution in [3.05, 3.63) is 24.8 Å². The third-order valence-electron chi connectivity index (χ3n) is 2.47. The van der Waals surface area contributed by atoms with Gasteiger partial charge in [0.05, 0.1) is 0 Å². The van der Waals surface area contributed by atoms with Crippen LogP contribution in [0.15, 0.2) is 24.8 Å². The van der Waals surface area contributed by atoms with Crippen LogP contribution in [-0.2, 0) is 19.4 Å². The van der Waals surface area contributed by atoms with Crippen molar-refractivity contribution in [1.29, 1.82) is 0 Å². The summed E-state index contributed by atoms with van der Waals surface area (Å²) in [5, 5.41) is 0. The Kier molecular flexibility index (Phi) is 4.83. The second-order valence-electron chi connectivity index (χ2n) is 3.60. The van der Waals surface area contributed by atoms with Crippen molar-refractivity contribution in [1.82, 2.24) is 4.90 Å². The van der Waals surface area contributed by atoms with E-state index in [9.17, 15) is 0 Å². The first-order valence-electron chi connectivity index (χ1n) is 4.82. The van der Waals surface area contributed by atoms with Crippen LogP contribution in [0.3, 0.4) is 0 Å². The van der Waals surface area contributed by atoms with E-state index in [0.717, 1.165) is 5.92 Å². The zero-order valence-electron chi connectivity index (χ0n) is 8.20. The van der Waals surface area contributed by atoms with Gasteiger partial charge in [-0.25, -0.2) is 0 Å². The zero-order valence-corrected chi connectivity index (χ0v) is 11.1. The summed E-state index contributed by atoms with van der Waals surface area (Å²) in [6, 6.07) is 0. The molecule has 0 aromatic rings. The molecule has 0 spiro atoms. The van der Waals surface area contributed by atoms with Gasteiger partial charge in [-0.3, -0.25) is 0 Å². The Morgan fingerprint density at radius 3 is 2.62 bits per heavy atom. The van der Waals surface area contributed by atoms with Crippen LogP contribution in [0, 0.1) is 5.92 Å². The number of piperidine rings is 1. The predicted octanol–water partition coefficient (Wildman–Crippen LogP) is 2.14. The molecule has 13 heavy (non-hydrogen) atoms. The minimum absolute atomic E-state index is 0.919. The Morgan fingerprint density at radius 1 is 1.46 bits per heavy atom. The van der Waals surface area contributed by atoms with Crippen molar-refractivity contribution in [2.45, 2.75) is 19.8 Å². The van der Waals surface area contributed by atoms with Gasteiger partial charge in [0.1, 0.15) is 0 Å². The van der Waals surface area contributed by atoms with Gasteiger partial charge >= 0.3 is 91.9 Å². The summed E-state index contributed by atoms with van der Waals surface area (Å²) in [5.41, 5.74) is 0. The number of likely N-dealkylation sites (tertiary alicyclic amines) is 1. The molecule has 0 bridgehead atoms. The Bertz CT molecular complexity index is 212. The fourth-order valence-electron chi connectivity index (χ4n) is 1.48. The summed E-state index contributed by atoms with van der Waals surface area (Å²) < 4.78 is 1.45. The topological polar surface area (TPSA) is 3.24 Å². The van der Waals surface area contributed by atoms with E-state index >= 15 is 0 Å². The maximum atomic E-state index is 3.68. The van der Waals surface area contributed by atoms with Gasteiger partial charge in [-0.2, -0.15) is 0 Å². The average molecular weight is 347 g/mol. The van der Waals surface area contributed by atoms with Gasteiger partial charge < -0.3 is 0 Å². The number of hydrogen-bond acceptors (Lipinski definition) is 1. The van der Waals surface area contributed by atoms with E-state index in [-0.39, 0.29) is 0 Å². The third kappa shape index (κ3) is 3.70. The Labute approximate surface area is 91.9 Å². The fraction of sp³-hybridized carbons (Fsp3) is 0.545. The van der Waals surface area contributed by atoms with Crippen LogP contribution in [0.25, 0.3) is 0 Å². The van der Waals surface area contributed by atoms with Crippen LogP contribution in [0.1, 0.15) is 19.8 Å². The van der Waals surface area contributed by atoms with Gasteiger partial charge in [0.25, 0.3) is 0 Å². The molecule has 0 unspecified atom stereocenters. The molecule has 0 aromatic carbocycles. The van der Waals surface area contributed by atoms with Gasteiger partial charge in [-0.05, 0) is 0 Å². The predicted molar refractivity (Wildman–Crippen MR) is 54.3 cm³/mol. The quantitative estimate of drug-likeness (QED) is 0.708. The van der Waals surface area contributed by atoms with E-state index in [4.69, 9.17) is 0 Å². The molecule has 0 N–H and O–H groups in total. The molecule has 0 atom stereocenters. The molecular formula is C11H17NW. The van der Waals surface area contributed by atoms with E-state index in [1.165, 1.54) is 30.0 Å². The summed E-state index contributed by atoms with van der Waals surface area (Å²) >= 11 is 1.56. The number of nitrogens with zero attached hydrogens (tertiary/aromatic N) is 1. The Balaban J connectivity index is 2.40. The first-order chi connectivity index (χ1) is 6.24. The summed E-state index contributed by atoms with van der Waals surface area (Å²) in [6.07, 6.45) is 8.74. The van der Waals surface area contributed by atoms with Crippen LogP contribution in [0.5, 0.6) is 0 Å². The Morgan fingerprint density at radius 2 is 2.08 bits per heavy atom. The number of hydrogen-bond donors (Lipinski definition) is 0. The van der Waals surface area contributed by atoms with Gasteiger partial charge in [-0.15, -0.1) is 0 Å². The van der Waals surface area contributed by atoms with Gasteiger partial charge in [0.15, 0.2) is 0 Å². The first kappa shape index (κ1) is 11.1. The van der Waals surface area contributed by atoms with E-state index < -0.39 is 0 Å². The molecule has 1 aliphatic rings. The molecule has 0 saturated carbocycles. The number of rotatable bonds is 3. The summed E-state index contributed by atoms with van der Waals surface area (Å²) in [5.74, 6) is 0.919. The van der Waals surface area contributed by atoms with E-state index in [1.807, 2.05) is 12.2 Å². The molecule has 0 amide bonds. The van der Waals surface area contributed by atoms with Crippen molar-refractivity contribution >= 4 is 4.02 Å². The SMILES string of the molecule is C=C/C=C\[C](=[W])N1CCC(C)CC1. The van der Waals surface area contributed by atoms with Crippen LogP contribution in [0.2, 0.25) is 0 Å². The molecule has 1 heterocycles. The van der Waals surface area contributed by atoms with Crippen molar-refractivity contribution in [3.63, 3.8) is 0 Å². The van der Waals surface area contributed by atoms with Crippen molar-refractivity contribution < 1.29 is 19.4 Å². The first-order valence-corrected chi connectivity index (χ1v) is 6.28. The molecule has 72 valence electrons. The van der Waals surface area contributed by atoms with E-state index in [0.29, 0.717) is 0 Å². The Hall–Kier alpha value is -0.00169. The molecule has 1 rings (SSSR count). The van der Waals surface area contributed by atoms with Gasteiger partial charge in [0, 0.05) is 0 Å². The van der Waals surface area contributed by atoms with Crippen LogP contribution in [-0.4, -0.2) is 22.0 Å². The molecule has 0 radical (unpaired) electrons. The molecule has 2 heteroatoms. The standard InChI is InChI=1S/C11H17N.W/c1-3-4-5-8-12-9-6-11(2)7-10-12;/h3-5,11H,1,6-7,9-10H2,2H3;/b5-4-;. The molecule has 0 aliphatic carbocycles. The van der Waals surface area contributed by atoms with E-state index in [1.54, 1.807) is 19.4 Å². The van der Waals surface area contributed by atoms with Crippen LogP contribution >= 0.6 is 0 Å². The fourth-order valence-corrected chi connectivity index (χ4v) is 2.42. The summed E-state index contributed by atoms with van der Waals surface area (Å²) in [4.78, 5) is 2.50. The molecular weight excluding hydrogens is 330 g/mol. The van der Waals surface area contributed by atoms with Gasteiger partial charge in [-0.1, -0.05) is 0 Å². The molecule has 1 aliphatic heterocycles. The van der Waals surface area contributed by atoms with Crippen molar-refractivity contribution in [2.24, 2.45) is 5.92 Å². The molecule has 0 aromatic heterocycles. The normalized spacial score (nSPS) is 20.7. The third-order valence-corrected chi connectivity index (χ3v) is 3.89. The molecule has 1 nitrogen and oxygen atoms in total. The summed E-state index contributed by atoms with van der Waals surface area (Å²) in [7, 11) is 0. The van der Waals surface area contributed by atoms with E-state index in [2.05, 4.69) is 24.5 Å². The summed E-state index contributed by atoms with van der Waals surface area (Å²) in [6.45, 7) is 8.50. The van der Waals surface area contributed by atoms with Crippen molar-refractivity contribution in [3.8, 4) is 0 Å². The monoisotopic (exact) mass is 347 g/mol. The van der Waals surface area contributed by atoms with Crippen molar-refractivity contribution in [2.75, 3.05) is 13.1 Å². The average Bonchev–Trinajstić information content (AvgIpc) is 2.15. The molecule has 1 fully saturated rings. The van der Waals surface area contributed by atoms with Crippen LogP contribution < -0.4 is 0 Å². The second kappa shape index (κ2) is 5.67. The van der Waals surface area contributed by atoms with Crippen LogP contribution in [0.4, 0.5) is 0 Å². The molecule has 1 saturated heterocycles. The zero-order chi connectivity index (χ0) is 9.68. The van der Waals surface area contributed by atoms with Gasteiger partial charge in [0.2, 0.25) is 0 Å². The number of allylic oxidation sites excluding steroid dienone is 2. The second-order valence-corrected chi connectivity index (χ2v) is 5.11.